The largest absolute Gasteiger partial charge is 0.396 e. The number of piperazine rings is 1. The van der Waals surface area contributed by atoms with E-state index in [9.17, 15) is 0 Å². The van der Waals surface area contributed by atoms with E-state index in [4.69, 9.17) is 5.11 Å². The molecular formula is C12H26N2O. The van der Waals surface area contributed by atoms with Gasteiger partial charge in [-0.1, -0.05) is 12.8 Å². The van der Waals surface area contributed by atoms with E-state index in [1.807, 2.05) is 0 Å². The number of unbranched alkanes of at least 4 members (excludes halogenated alkanes) is 3. The minimum Gasteiger partial charge on any atom is -0.396 e. The molecule has 0 radical (unpaired) electrons. The van der Waals surface area contributed by atoms with Crippen molar-refractivity contribution in [3.63, 3.8) is 0 Å². The number of nitrogens with one attached hydrogen (secondary N) is 1. The van der Waals surface area contributed by atoms with Crippen molar-refractivity contribution in [1.82, 2.24) is 10.2 Å². The van der Waals surface area contributed by atoms with Crippen molar-refractivity contribution < 1.29 is 5.11 Å². The number of aliphatic hydroxyl groups excluding tert-OH is 1. The van der Waals surface area contributed by atoms with E-state index in [2.05, 4.69) is 24.1 Å². The normalized spacial score (nSPS) is 21.8. The van der Waals surface area contributed by atoms with Crippen LogP contribution in [0.1, 0.15) is 39.5 Å². The van der Waals surface area contributed by atoms with Crippen LogP contribution in [-0.4, -0.2) is 48.3 Å². The molecule has 2 N–H and O–H groups in total. The summed E-state index contributed by atoms with van der Waals surface area (Å²) in [5, 5.41) is 12.1. The molecule has 1 rings (SSSR count). The summed E-state index contributed by atoms with van der Waals surface area (Å²) in [5.41, 5.74) is 0.315. The van der Waals surface area contributed by atoms with Gasteiger partial charge < -0.3 is 10.4 Å². The summed E-state index contributed by atoms with van der Waals surface area (Å²) in [6.07, 6.45) is 4.65. The Hall–Kier alpha value is -0.120. The van der Waals surface area contributed by atoms with Crippen LogP contribution < -0.4 is 5.32 Å². The molecule has 0 saturated carbocycles. The second-order valence-electron chi connectivity index (χ2n) is 5.11. The van der Waals surface area contributed by atoms with Gasteiger partial charge in [0.15, 0.2) is 0 Å². The molecule has 0 aliphatic carbocycles. The van der Waals surface area contributed by atoms with Crippen LogP contribution >= 0.6 is 0 Å². The van der Waals surface area contributed by atoms with Crippen molar-refractivity contribution in [3.8, 4) is 0 Å². The summed E-state index contributed by atoms with van der Waals surface area (Å²) >= 11 is 0. The van der Waals surface area contributed by atoms with Gasteiger partial charge >= 0.3 is 0 Å². The fourth-order valence-electron chi connectivity index (χ4n) is 2.21. The standard InChI is InChI=1S/C12H26N2O/c1-12(2)11-13-7-9-14(12)8-5-3-4-6-10-15/h13,15H,3-11H2,1-2H3. The highest BCUT2D eigenvalue weighted by Crippen LogP contribution is 2.17. The van der Waals surface area contributed by atoms with Gasteiger partial charge in [0, 0.05) is 31.8 Å². The van der Waals surface area contributed by atoms with E-state index in [1.54, 1.807) is 0 Å². The Bertz CT molecular complexity index is 171. The highest BCUT2D eigenvalue weighted by Gasteiger charge is 2.28. The molecule has 0 unspecified atom stereocenters. The molecule has 0 amide bonds. The van der Waals surface area contributed by atoms with E-state index >= 15 is 0 Å². The summed E-state index contributed by atoms with van der Waals surface area (Å²) in [7, 11) is 0. The first-order chi connectivity index (χ1) is 7.17. The molecule has 0 bridgehead atoms. The minimum absolute atomic E-state index is 0.315. The molecule has 15 heavy (non-hydrogen) atoms. The van der Waals surface area contributed by atoms with Crippen LogP contribution in [0.25, 0.3) is 0 Å². The van der Waals surface area contributed by atoms with Crippen molar-refractivity contribution in [2.45, 2.75) is 45.1 Å². The zero-order chi connectivity index (χ0) is 11.1. The molecule has 1 fully saturated rings. The number of nitrogens with zero attached hydrogens (tertiary/aromatic N) is 1. The second-order valence-corrected chi connectivity index (χ2v) is 5.11. The van der Waals surface area contributed by atoms with Gasteiger partial charge in [0.1, 0.15) is 0 Å². The van der Waals surface area contributed by atoms with Gasteiger partial charge in [-0.25, -0.2) is 0 Å². The van der Waals surface area contributed by atoms with Gasteiger partial charge in [-0.2, -0.15) is 0 Å². The van der Waals surface area contributed by atoms with Crippen LogP contribution in [0.3, 0.4) is 0 Å². The fraction of sp³-hybridized carbons (Fsp3) is 1.00. The Balaban J connectivity index is 2.13. The lowest BCUT2D eigenvalue weighted by atomic mass is 9.99. The SMILES string of the molecule is CC1(C)CNCCN1CCCCCCO. The lowest BCUT2D eigenvalue weighted by molar-refractivity contribution is 0.0884. The number of aliphatic hydroxyl groups is 1. The topological polar surface area (TPSA) is 35.5 Å². The fourth-order valence-corrected chi connectivity index (χ4v) is 2.21. The summed E-state index contributed by atoms with van der Waals surface area (Å²) in [4.78, 5) is 2.59. The number of hydrogen-bond acceptors (Lipinski definition) is 3. The quantitative estimate of drug-likeness (QED) is 0.653. The molecule has 0 aromatic carbocycles. The molecule has 90 valence electrons. The summed E-state index contributed by atoms with van der Waals surface area (Å²) in [6, 6.07) is 0. The van der Waals surface area contributed by atoms with Crippen LogP contribution in [0.15, 0.2) is 0 Å². The zero-order valence-electron chi connectivity index (χ0n) is 10.3. The predicted octanol–water partition coefficient (Wildman–Crippen LogP) is 1.22. The third kappa shape index (κ3) is 4.49. The van der Waals surface area contributed by atoms with Crippen molar-refractivity contribution in [1.29, 1.82) is 0 Å². The van der Waals surface area contributed by atoms with Gasteiger partial charge in [0.25, 0.3) is 0 Å². The van der Waals surface area contributed by atoms with Crippen molar-refractivity contribution in [2.75, 3.05) is 32.8 Å². The first-order valence-electron chi connectivity index (χ1n) is 6.23. The van der Waals surface area contributed by atoms with Crippen LogP contribution in [0.4, 0.5) is 0 Å². The molecular weight excluding hydrogens is 188 g/mol. The van der Waals surface area contributed by atoms with E-state index < -0.39 is 0 Å². The van der Waals surface area contributed by atoms with Crippen LogP contribution in [0, 0.1) is 0 Å². The first kappa shape index (κ1) is 12.9. The molecule has 1 heterocycles. The summed E-state index contributed by atoms with van der Waals surface area (Å²) < 4.78 is 0. The molecule has 0 aromatic rings. The Kier molecular flexibility index (Phi) is 5.58. The molecule has 1 aliphatic rings. The number of rotatable bonds is 6. The number of hydrogen-bond donors (Lipinski definition) is 2. The van der Waals surface area contributed by atoms with Gasteiger partial charge in [0.05, 0.1) is 0 Å². The van der Waals surface area contributed by atoms with Gasteiger partial charge in [-0.3, -0.25) is 4.90 Å². The zero-order valence-corrected chi connectivity index (χ0v) is 10.3. The van der Waals surface area contributed by atoms with Gasteiger partial charge in [-0.15, -0.1) is 0 Å². The molecule has 0 atom stereocenters. The summed E-state index contributed by atoms with van der Waals surface area (Å²) in [6.45, 7) is 9.58. The van der Waals surface area contributed by atoms with Crippen LogP contribution in [-0.2, 0) is 0 Å². The molecule has 1 aliphatic heterocycles. The maximum atomic E-state index is 8.68. The first-order valence-corrected chi connectivity index (χ1v) is 6.23. The molecule has 1 saturated heterocycles. The van der Waals surface area contributed by atoms with Crippen LogP contribution in [0.5, 0.6) is 0 Å². The lowest BCUT2D eigenvalue weighted by Crippen LogP contribution is -2.57. The maximum absolute atomic E-state index is 8.68. The average molecular weight is 214 g/mol. The van der Waals surface area contributed by atoms with Gasteiger partial charge in [-0.05, 0) is 33.2 Å². The van der Waals surface area contributed by atoms with Crippen LogP contribution in [0.2, 0.25) is 0 Å². The minimum atomic E-state index is 0.315. The summed E-state index contributed by atoms with van der Waals surface area (Å²) in [5.74, 6) is 0. The van der Waals surface area contributed by atoms with E-state index in [0.717, 1.165) is 19.5 Å². The maximum Gasteiger partial charge on any atom is 0.0431 e. The lowest BCUT2D eigenvalue weighted by Gasteiger charge is -2.43. The predicted molar refractivity (Wildman–Crippen MR) is 64.1 cm³/mol. The monoisotopic (exact) mass is 214 g/mol. The van der Waals surface area contributed by atoms with Crippen molar-refractivity contribution in [3.05, 3.63) is 0 Å². The molecule has 3 heteroatoms. The Labute approximate surface area is 93.9 Å². The highest BCUT2D eigenvalue weighted by molar-refractivity contribution is 4.87. The average Bonchev–Trinajstić information content (AvgIpc) is 2.19. The van der Waals surface area contributed by atoms with E-state index in [0.29, 0.717) is 12.1 Å². The smallest absolute Gasteiger partial charge is 0.0431 e. The Morgan fingerprint density at radius 1 is 1.20 bits per heavy atom. The third-order valence-corrected chi connectivity index (χ3v) is 3.31. The van der Waals surface area contributed by atoms with Gasteiger partial charge in [0.2, 0.25) is 0 Å². The van der Waals surface area contributed by atoms with E-state index in [1.165, 1.54) is 32.4 Å². The van der Waals surface area contributed by atoms with E-state index in [-0.39, 0.29) is 0 Å². The second kappa shape index (κ2) is 6.46. The van der Waals surface area contributed by atoms with Crippen molar-refractivity contribution in [2.24, 2.45) is 0 Å². The third-order valence-electron chi connectivity index (χ3n) is 3.31. The molecule has 0 spiro atoms. The molecule has 3 nitrogen and oxygen atoms in total. The Morgan fingerprint density at radius 2 is 1.93 bits per heavy atom. The van der Waals surface area contributed by atoms with Crippen molar-refractivity contribution >= 4 is 0 Å². The highest BCUT2D eigenvalue weighted by atomic mass is 16.2. The molecule has 0 aromatic heterocycles. The Morgan fingerprint density at radius 3 is 2.60 bits per heavy atom.